The van der Waals surface area contributed by atoms with Gasteiger partial charge in [0.15, 0.2) is 0 Å². The Kier molecular flexibility index (Phi) is 8.69. The summed E-state index contributed by atoms with van der Waals surface area (Å²) >= 11 is 0. The minimum atomic E-state index is 0.171. The van der Waals surface area contributed by atoms with E-state index in [9.17, 15) is 0 Å². The van der Waals surface area contributed by atoms with Crippen molar-refractivity contribution in [2.45, 2.75) is 46.1 Å². The number of nitrogens with one attached hydrogen (secondary N) is 1. The Hall–Kier alpha value is -0.160. The Balaban J connectivity index is 2.63. The Labute approximate surface area is 124 Å². The highest BCUT2D eigenvalue weighted by atomic mass is 16.3. The molecule has 0 aromatic rings. The second-order valence-corrected chi connectivity index (χ2v) is 6.53. The lowest BCUT2D eigenvalue weighted by atomic mass is 9.72. The van der Waals surface area contributed by atoms with Crippen LogP contribution in [0.25, 0.3) is 0 Å². The molecule has 0 aromatic heterocycles. The largest absolute Gasteiger partial charge is 0.395 e. The van der Waals surface area contributed by atoms with Crippen LogP contribution in [-0.4, -0.2) is 60.5 Å². The quantitative estimate of drug-likeness (QED) is 0.598. The van der Waals surface area contributed by atoms with Gasteiger partial charge in [-0.1, -0.05) is 20.8 Å². The highest BCUT2D eigenvalue weighted by Gasteiger charge is 2.34. The lowest BCUT2D eigenvalue weighted by molar-refractivity contribution is 0.0807. The van der Waals surface area contributed by atoms with Gasteiger partial charge < -0.3 is 15.5 Å². The van der Waals surface area contributed by atoms with Crippen LogP contribution in [0.15, 0.2) is 0 Å². The van der Waals surface area contributed by atoms with Gasteiger partial charge in [0, 0.05) is 25.7 Å². The number of nitrogens with zero attached hydrogens (tertiary/aromatic N) is 1. The maximum absolute atomic E-state index is 9.17. The Morgan fingerprint density at radius 1 is 1.10 bits per heavy atom. The number of aliphatic hydroxyl groups excluding tert-OH is 2. The number of aliphatic hydroxyl groups is 2. The van der Waals surface area contributed by atoms with E-state index in [1.54, 1.807) is 0 Å². The van der Waals surface area contributed by atoms with Crippen LogP contribution in [0, 0.1) is 17.8 Å². The van der Waals surface area contributed by atoms with Crippen LogP contribution in [0.1, 0.15) is 40.0 Å². The van der Waals surface area contributed by atoms with Crippen molar-refractivity contribution in [3.63, 3.8) is 0 Å². The molecule has 20 heavy (non-hydrogen) atoms. The summed E-state index contributed by atoms with van der Waals surface area (Å²) in [6.45, 7) is 10.7. The Morgan fingerprint density at radius 3 is 2.30 bits per heavy atom. The summed E-state index contributed by atoms with van der Waals surface area (Å²) in [5.74, 6) is 2.11. The van der Waals surface area contributed by atoms with Gasteiger partial charge in [0.2, 0.25) is 0 Å². The molecule has 4 heteroatoms. The zero-order valence-electron chi connectivity index (χ0n) is 13.5. The van der Waals surface area contributed by atoms with Crippen LogP contribution in [0.5, 0.6) is 0 Å². The SMILES string of the molecule is CCCNC1CC(C)CC(C)C1CN(CCO)CCO. The minimum Gasteiger partial charge on any atom is -0.395 e. The second kappa shape index (κ2) is 9.72. The second-order valence-electron chi connectivity index (χ2n) is 6.53. The third-order valence-corrected chi connectivity index (χ3v) is 4.64. The van der Waals surface area contributed by atoms with Gasteiger partial charge in [-0.25, -0.2) is 0 Å². The van der Waals surface area contributed by atoms with Crippen LogP contribution < -0.4 is 5.32 Å². The van der Waals surface area contributed by atoms with Crippen molar-refractivity contribution < 1.29 is 10.2 Å². The van der Waals surface area contributed by atoms with E-state index in [0.717, 1.165) is 19.0 Å². The molecular formula is C16H34N2O2. The summed E-state index contributed by atoms with van der Waals surface area (Å²) in [5, 5.41) is 22.1. The molecule has 3 N–H and O–H groups in total. The summed E-state index contributed by atoms with van der Waals surface area (Å²) < 4.78 is 0. The van der Waals surface area contributed by atoms with Gasteiger partial charge >= 0.3 is 0 Å². The van der Waals surface area contributed by atoms with Gasteiger partial charge in [0.05, 0.1) is 13.2 Å². The molecule has 1 aliphatic carbocycles. The normalized spacial score (nSPS) is 30.9. The first kappa shape index (κ1) is 17.9. The van der Waals surface area contributed by atoms with Gasteiger partial charge in [-0.15, -0.1) is 0 Å². The van der Waals surface area contributed by atoms with E-state index < -0.39 is 0 Å². The van der Waals surface area contributed by atoms with Crippen LogP contribution in [0.2, 0.25) is 0 Å². The lowest BCUT2D eigenvalue weighted by Crippen LogP contribution is -2.50. The van der Waals surface area contributed by atoms with E-state index in [2.05, 4.69) is 31.0 Å². The van der Waals surface area contributed by atoms with Gasteiger partial charge in [0.1, 0.15) is 0 Å². The first-order chi connectivity index (χ1) is 9.62. The van der Waals surface area contributed by atoms with E-state index in [1.165, 1.54) is 19.3 Å². The molecule has 0 aromatic carbocycles. The average molecular weight is 286 g/mol. The third kappa shape index (κ3) is 5.68. The summed E-state index contributed by atoms with van der Waals surface area (Å²) in [6.07, 6.45) is 3.71. The molecule has 0 amide bonds. The smallest absolute Gasteiger partial charge is 0.0558 e. The molecule has 0 spiro atoms. The van der Waals surface area contributed by atoms with Crippen LogP contribution >= 0.6 is 0 Å². The predicted molar refractivity (Wildman–Crippen MR) is 83.7 cm³/mol. The summed E-state index contributed by atoms with van der Waals surface area (Å²) in [6, 6.07) is 0.577. The maximum Gasteiger partial charge on any atom is 0.0558 e. The van der Waals surface area contributed by atoms with Crippen molar-refractivity contribution in [1.29, 1.82) is 0 Å². The van der Waals surface area contributed by atoms with Gasteiger partial charge in [-0.3, -0.25) is 4.90 Å². The molecule has 0 saturated heterocycles. The van der Waals surface area contributed by atoms with Gasteiger partial charge in [-0.05, 0) is 43.6 Å². The van der Waals surface area contributed by atoms with Gasteiger partial charge in [0.25, 0.3) is 0 Å². The highest BCUT2D eigenvalue weighted by Crippen LogP contribution is 2.34. The molecule has 0 radical (unpaired) electrons. The molecule has 4 nitrogen and oxygen atoms in total. The van der Waals surface area contributed by atoms with Crippen molar-refractivity contribution in [1.82, 2.24) is 10.2 Å². The van der Waals surface area contributed by atoms with Crippen molar-refractivity contribution in [2.75, 3.05) is 39.4 Å². The molecule has 4 unspecified atom stereocenters. The van der Waals surface area contributed by atoms with Crippen LogP contribution in [-0.2, 0) is 0 Å². The fraction of sp³-hybridized carbons (Fsp3) is 1.00. The molecule has 1 aliphatic rings. The fourth-order valence-electron chi connectivity index (χ4n) is 3.66. The van der Waals surface area contributed by atoms with Crippen molar-refractivity contribution >= 4 is 0 Å². The molecular weight excluding hydrogens is 252 g/mol. The standard InChI is InChI=1S/C16H34N2O2/c1-4-5-17-16-11-13(2)10-14(3)15(16)12-18(6-8-19)7-9-20/h13-17,19-20H,4-12H2,1-3H3. The zero-order chi connectivity index (χ0) is 15.0. The summed E-state index contributed by atoms with van der Waals surface area (Å²) in [7, 11) is 0. The Morgan fingerprint density at radius 2 is 1.75 bits per heavy atom. The molecule has 0 heterocycles. The summed E-state index contributed by atoms with van der Waals surface area (Å²) in [5.41, 5.74) is 0. The molecule has 1 fully saturated rings. The molecule has 0 bridgehead atoms. The van der Waals surface area contributed by atoms with E-state index in [4.69, 9.17) is 10.2 Å². The van der Waals surface area contributed by atoms with E-state index in [1.807, 2.05) is 0 Å². The minimum absolute atomic E-state index is 0.171. The van der Waals surface area contributed by atoms with E-state index >= 15 is 0 Å². The maximum atomic E-state index is 9.17. The van der Waals surface area contributed by atoms with Crippen molar-refractivity contribution in [3.8, 4) is 0 Å². The molecule has 0 aliphatic heterocycles. The van der Waals surface area contributed by atoms with E-state index in [0.29, 0.717) is 31.0 Å². The first-order valence-corrected chi connectivity index (χ1v) is 8.29. The average Bonchev–Trinajstić information content (AvgIpc) is 2.40. The van der Waals surface area contributed by atoms with Crippen molar-refractivity contribution in [3.05, 3.63) is 0 Å². The van der Waals surface area contributed by atoms with Gasteiger partial charge in [-0.2, -0.15) is 0 Å². The van der Waals surface area contributed by atoms with Crippen LogP contribution in [0.4, 0.5) is 0 Å². The number of rotatable bonds is 9. The van der Waals surface area contributed by atoms with Crippen LogP contribution in [0.3, 0.4) is 0 Å². The fourth-order valence-corrected chi connectivity index (χ4v) is 3.66. The number of hydrogen-bond donors (Lipinski definition) is 3. The molecule has 1 saturated carbocycles. The molecule has 1 rings (SSSR count). The highest BCUT2D eigenvalue weighted by molar-refractivity contribution is 4.89. The van der Waals surface area contributed by atoms with E-state index in [-0.39, 0.29) is 13.2 Å². The topological polar surface area (TPSA) is 55.7 Å². The third-order valence-electron chi connectivity index (χ3n) is 4.64. The first-order valence-electron chi connectivity index (χ1n) is 8.29. The predicted octanol–water partition coefficient (Wildman–Crippen LogP) is 1.32. The molecule has 4 atom stereocenters. The zero-order valence-corrected chi connectivity index (χ0v) is 13.5. The van der Waals surface area contributed by atoms with Crippen molar-refractivity contribution in [2.24, 2.45) is 17.8 Å². The monoisotopic (exact) mass is 286 g/mol. The number of hydrogen-bond acceptors (Lipinski definition) is 4. The Bertz CT molecular complexity index is 245. The molecule has 120 valence electrons. The summed E-state index contributed by atoms with van der Waals surface area (Å²) in [4.78, 5) is 2.21. The lowest BCUT2D eigenvalue weighted by Gasteiger charge is -2.42.